The van der Waals surface area contributed by atoms with Gasteiger partial charge in [-0.1, -0.05) is 0 Å². The van der Waals surface area contributed by atoms with Crippen molar-refractivity contribution in [1.82, 2.24) is 14.7 Å². The van der Waals surface area contributed by atoms with Gasteiger partial charge in [0.1, 0.15) is 0 Å². The van der Waals surface area contributed by atoms with Crippen molar-refractivity contribution in [2.75, 3.05) is 46.4 Å². The number of carbonyl (C=O) groups is 1. The summed E-state index contributed by atoms with van der Waals surface area (Å²) in [5.41, 5.74) is 0. The highest BCUT2D eigenvalue weighted by molar-refractivity contribution is 5.77. The number of fused-ring (bicyclic) bond motifs is 1. The van der Waals surface area contributed by atoms with Crippen molar-refractivity contribution in [3.63, 3.8) is 0 Å². The van der Waals surface area contributed by atoms with Crippen molar-refractivity contribution in [3.8, 4) is 0 Å². The van der Waals surface area contributed by atoms with E-state index < -0.39 is 0 Å². The molecule has 3 aliphatic rings. The van der Waals surface area contributed by atoms with Gasteiger partial charge in [-0.25, -0.2) is 4.79 Å². The smallest absolute Gasteiger partial charge is 0.320 e. The maximum Gasteiger partial charge on any atom is 0.320 e. The maximum atomic E-state index is 12.3. The Morgan fingerprint density at radius 3 is 2.59 bits per heavy atom. The Morgan fingerprint density at radius 2 is 1.82 bits per heavy atom. The number of hydrogen-bond acceptors (Lipinski definition) is 3. The Labute approximate surface area is 102 Å². The third-order valence-electron chi connectivity index (χ3n) is 4.22. The van der Waals surface area contributed by atoms with Crippen LogP contribution in [0.15, 0.2) is 0 Å². The van der Waals surface area contributed by atoms with Crippen molar-refractivity contribution in [1.29, 1.82) is 0 Å². The van der Waals surface area contributed by atoms with Gasteiger partial charge in [0.25, 0.3) is 0 Å². The first kappa shape index (κ1) is 11.3. The summed E-state index contributed by atoms with van der Waals surface area (Å²) in [5, 5.41) is 0. The van der Waals surface area contributed by atoms with Gasteiger partial charge >= 0.3 is 6.03 Å². The molecule has 0 aromatic heterocycles. The van der Waals surface area contributed by atoms with E-state index in [2.05, 4.69) is 21.7 Å². The van der Waals surface area contributed by atoms with Crippen LogP contribution in [0.5, 0.6) is 0 Å². The van der Waals surface area contributed by atoms with Gasteiger partial charge in [-0.15, -0.1) is 0 Å². The summed E-state index contributed by atoms with van der Waals surface area (Å²) >= 11 is 0. The molecule has 0 radical (unpaired) electrons. The highest BCUT2D eigenvalue weighted by atomic mass is 16.5. The standard InChI is InChI=1S/C12H21N3O2/c1-13-4-5-14-11(8-13)9-15(12(14)16)10-2-6-17-7-3-10/h10-11H,2-9H2,1H3/t11-/m1/s1. The first-order chi connectivity index (χ1) is 8.25. The summed E-state index contributed by atoms with van der Waals surface area (Å²) in [5.74, 6) is 0. The number of urea groups is 1. The maximum absolute atomic E-state index is 12.3. The zero-order chi connectivity index (χ0) is 11.8. The minimum Gasteiger partial charge on any atom is -0.381 e. The molecular formula is C12H21N3O2. The number of piperazine rings is 1. The van der Waals surface area contributed by atoms with Crippen LogP contribution in [0.25, 0.3) is 0 Å². The van der Waals surface area contributed by atoms with Crippen LogP contribution in [0, 0.1) is 0 Å². The number of ether oxygens (including phenoxy) is 1. The summed E-state index contributed by atoms with van der Waals surface area (Å²) in [7, 11) is 2.14. The fourth-order valence-electron chi connectivity index (χ4n) is 3.19. The molecule has 3 rings (SSSR count). The van der Waals surface area contributed by atoms with Gasteiger partial charge in [-0.05, 0) is 19.9 Å². The van der Waals surface area contributed by atoms with Gasteiger partial charge in [0.15, 0.2) is 0 Å². The van der Waals surface area contributed by atoms with Crippen molar-refractivity contribution < 1.29 is 9.53 Å². The zero-order valence-electron chi connectivity index (χ0n) is 10.5. The molecule has 5 heteroatoms. The Hall–Kier alpha value is -0.810. The molecule has 17 heavy (non-hydrogen) atoms. The molecule has 0 aliphatic carbocycles. The second-order valence-corrected chi connectivity index (χ2v) is 5.39. The lowest BCUT2D eigenvalue weighted by Gasteiger charge is -2.34. The molecule has 0 N–H and O–H groups in total. The van der Waals surface area contributed by atoms with Gasteiger partial charge < -0.3 is 19.4 Å². The zero-order valence-corrected chi connectivity index (χ0v) is 10.5. The van der Waals surface area contributed by atoms with E-state index in [1.807, 2.05) is 0 Å². The van der Waals surface area contributed by atoms with Crippen LogP contribution >= 0.6 is 0 Å². The first-order valence-electron chi connectivity index (χ1n) is 6.59. The fraction of sp³-hybridized carbons (Fsp3) is 0.917. The summed E-state index contributed by atoms with van der Waals surface area (Å²) in [6.07, 6.45) is 2.00. The molecule has 0 aromatic rings. The van der Waals surface area contributed by atoms with E-state index in [9.17, 15) is 4.79 Å². The molecule has 0 unspecified atom stereocenters. The van der Waals surface area contributed by atoms with Gasteiger partial charge in [0, 0.05) is 45.4 Å². The number of hydrogen-bond donors (Lipinski definition) is 0. The summed E-state index contributed by atoms with van der Waals surface area (Å²) in [6, 6.07) is 1.08. The molecule has 1 atom stereocenters. The lowest BCUT2D eigenvalue weighted by molar-refractivity contribution is 0.0504. The van der Waals surface area contributed by atoms with Gasteiger partial charge in [0.05, 0.1) is 6.04 Å². The topological polar surface area (TPSA) is 36.0 Å². The first-order valence-corrected chi connectivity index (χ1v) is 6.59. The molecule has 3 aliphatic heterocycles. The van der Waals surface area contributed by atoms with Crippen LogP contribution in [0.1, 0.15) is 12.8 Å². The van der Waals surface area contributed by atoms with Crippen LogP contribution < -0.4 is 0 Å². The van der Waals surface area contributed by atoms with Gasteiger partial charge in [-0.3, -0.25) is 0 Å². The minimum atomic E-state index is 0.259. The van der Waals surface area contributed by atoms with E-state index >= 15 is 0 Å². The number of likely N-dealkylation sites (N-methyl/N-ethyl adjacent to an activating group) is 1. The van der Waals surface area contributed by atoms with Crippen LogP contribution in [0.3, 0.4) is 0 Å². The second kappa shape index (κ2) is 4.46. The van der Waals surface area contributed by atoms with Crippen molar-refractivity contribution in [2.24, 2.45) is 0 Å². The quantitative estimate of drug-likeness (QED) is 0.656. The van der Waals surface area contributed by atoms with E-state index in [1.54, 1.807) is 0 Å². The lowest BCUT2D eigenvalue weighted by atomic mass is 10.1. The molecule has 0 aromatic carbocycles. The lowest BCUT2D eigenvalue weighted by Crippen LogP contribution is -2.50. The molecule has 2 amide bonds. The molecule has 5 nitrogen and oxygen atoms in total. The molecule has 0 bridgehead atoms. The predicted molar refractivity (Wildman–Crippen MR) is 63.9 cm³/mol. The fourth-order valence-corrected chi connectivity index (χ4v) is 3.19. The predicted octanol–water partition coefficient (Wildman–Crippen LogP) is 0.217. The Morgan fingerprint density at radius 1 is 1.06 bits per heavy atom. The summed E-state index contributed by atoms with van der Waals surface area (Å²) in [6.45, 7) is 5.43. The van der Waals surface area contributed by atoms with E-state index in [4.69, 9.17) is 4.74 Å². The minimum absolute atomic E-state index is 0.259. The van der Waals surface area contributed by atoms with Crippen LogP contribution in [-0.2, 0) is 4.74 Å². The van der Waals surface area contributed by atoms with Gasteiger partial charge in [-0.2, -0.15) is 0 Å². The number of rotatable bonds is 1. The van der Waals surface area contributed by atoms with Crippen LogP contribution in [0.4, 0.5) is 4.79 Å². The number of nitrogens with zero attached hydrogens (tertiary/aromatic N) is 3. The SMILES string of the molecule is CN1CCN2C(=O)N(C3CCOCC3)C[C@H]2C1. The molecular weight excluding hydrogens is 218 g/mol. The van der Waals surface area contributed by atoms with Crippen LogP contribution in [-0.4, -0.2) is 79.3 Å². The molecule has 3 fully saturated rings. The molecule has 3 heterocycles. The third-order valence-corrected chi connectivity index (χ3v) is 4.22. The molecule has 3 saturated heterocycles. The monoisotopic (exact) mass is 239 g/mol. The normalized spacial score (nSPS) is 32.1. The van der Waals surface area contributed by atoms with E-state index in [0.717, 1.165) is 52.2 Å². The van der Waals surface area contributed by atoms with Crippen molar-refractivity contribution in [3.05, 3.63) is 0 Å². The molecule has 0 spiro atoms. The second-order valence-electron chi connectivity index (χ2n) is 5.39. The highest BCUT2D eigenvalue weighted by Gasteiger charge is 2.42. The van der Waals surface area contributed by atoms with E-state index in [1.165, 1.54) is 0 Å². The Balaban J connectivity index is 1.69. The molecule has 0 saturated carbocycles. The Kier molecular flexibility index (Phi) is 2.96. The highest BCUT2D eigenvalue weighted by Crippen LogP contribution is 2.25. The number of carbonyl (C=O) groups excluding carboxylic acids is 1. The van der Waals surface area contributed by atoms with Crippen LogP contribution in [0.2, 0.25) is 0 Å². The third kappa shape index (κ3) is 2.02. The van der Waals surface area contributed by atoms with E-state index in [-0.39, 0.29) is 6.03 Å². The average Bonchev–Trinajstić information content (AvgIpc) is 2.67. The van der Waals surface area contributed by atoms with Gasteiger partial charge in [0.2, 0.25) is 0 Å². The summed E-state index contributed by atoms with van der Waals surface area (Å²) in [4.78, 5) is 18.8. The average molecular weight is 239 g/mol. The van der Waals surface area contributed by atoms with Crippen molar-refractivity contribution in [2.45, 2.75) is 24.9 Å². The van der Waals surface area contributed by atoms with E-state index in [0.29, 0.717) is 12.1 Å². The Bertz CT molecular complexity index is 304. The van der Waals surface area contributed by atoms with Crippen molar-refractivity contribution >= 4 is 6.03 Å². The summed E-state index contributed by atoms with van der Waals surface area (Å²) < 4.78 is 5.37. The number of amides is 2. The molecule has 96 valence electrons. The largest absolute Gasteiger partial charge is 0.381 e.